The second-order valence-corrected chi connectivity index (χ2v) is 21.8. The Kier molecular flexibility index (Phi) is 47.9. The van der Waals surface area contributed by atoms with E-state index in [1.54, 1.807) is 0 Å². The molecule has 0 amide bonds. The predicted molar refractivity (Wildman–Crippen MR) is 284 cm³/mol. The second kappa shape index (κ2) is 49.2. The van der Waals surface area contributed by atoms with Gasteiger partial charge in [-0.25, -0.2) is 4.57 Å². The molecule has 0 aromatic heterocycles. The molecule has 0 fully saturated rings. The van der Waals surface area contributed by atoms with Gasteiger partial charge in [0, 0.05) is 12.8 Å². The molecule has 9 nitrogen and oxygen atoms in total. The van der Waals surface area contributed by atoms with E-state index in [1.165, 1.54) is 161 Å². The molecule has 0 aliphatic heterocycles. The fourth-order valence-electron chi connectivity index (χ4n) is 8.02. The number of likely N-dealkylation sites (N-methyl/N-ethyl adjacent to an activating group) is 1. The van der Waals surface area contributed by atoms with Gasteiger partial charge in [0.05, 0.1) is 27.7 Å². The highest BCUT2D eigenvalue weighted by atomic mass is 31.2. The van der Waals surface area contributed by atoms with Crippen LogP contribution in [-0.4, -0.2) is 74.9 Å². The van der Waals surface area contributed by atoms with Crippen molar-refractivity contribution in [1.82, 2.24) is 0 Å². The summed E-state index contributed by atoms with van der Waals surface area (Å²) in [5.41, 5.74) is 0. The predicted octanol–water partition coefficient (Wildman–Crippen LogP) is 17.2. The van der Waals surface area contributed by atoms with Crippen LogP contribution in [0, 0.1) is 0 Å². The summed E-state index contributed by atoms with van der Waals surface area (Å²) in [6, 6.07) is 0. The molecular formula is C57H109NO8P+. The molecule has 10 heteroatoms. The van der Waals surface area contributed by atoms with Gasteiger partial charge in [0.15, 0.2) is 6.10 Å². The topological polar surface area (TPSA) is 108 Å². The first-order chi connectivity index (χ1) is 32.5. The summed E-state index contributed by atoms with van der Waals surface area (Å²) >= 11 is 0. The zero-order valence-electron chi connectivity index (χ0n) is 44.6. The standard InChI is InChI=1S/C57H108NO8P/c1-6-8-10-12-14-16-18-20-22-24-26-27-28-29-30-32-33-35-37-39-41-43-45-47-49-56(59)63-53-55(54-65-67(61,62)64-52-51-58(3,4)5)66-57(60)50-48-46-44-42-40-38-36-34-31-25-23-21-19-17-15-13-11-9-7-2/h15,17,21,23,31,34,55H,6-14,16,18-20,22,24-30,32-33,35-54H2,1-5H3/p+1/b17-15-,23-21-,34-31-. The second-order valence-electron chi connectivity index (χ2n) is 20.3. The van der Waals surface area contributed by atoms with Crippen LogP contribution in [0.1, 0.15) is 264 Å². The van der Waals surface area contributed by atoms with Gasteiger partial charge in [-0.1, -0.05) is 237 Å². The number of carbonyl (C=O) groups excluding carboxylic acids is 2. The molecule has 2 unspecified atom stereocenters. The molecule has 0 radical (unpaired) electrons. The SMILES string of the molecule is CCCCC/C=C\C/C=C\C/C=C\CCCCCCCCC(=O)OC(COC(=O)CCCCCCCCCCCCCCCCCCCCCCCCCC)COP(=O)(O)OCC[N+](C)(C)C. The molecule has 1 N–H and O–H groups in total. The monoisotopic (exact) mass is 967 g/mol. The summed E-state index contributed by atoms with van der Waals surface area (Å²) in [7, 11) is 1.48. The Bertz CT molecular complexity index is 1230. The molecule has 0 rings (SSSR count). The Labute approximate surface area is 414 Å². The van der Waals surface area contributed by atoms with Crippen molar-refractivity contribution in [2.45, 2.75) is 270 Å². The van der Waals surface area contributed by atoms with Crippen molar-refractivity contribution in [2.24, 2.45) is 0 Å². The lowest BCUT2D eigenvalue weighted by Crippen LogP contribution is -2.37. The molecule has 394 valence electrons. The van der Waals surface area contributed by atoms with E-state index >= 15 is 0 Å². The van der Waals surface area contributed by atoms with E-state index in [2.05, 4.69) is 50.3 Å². The fraction of sp³-hybridized carbons (Fsp3) is 0.860. The van der Waals surface area contributed by atoms with Crippen molar-refractivity contribution < 1.29 is 42.1 Å². The summed E-state index contributed by atoms with van der Waals surface area (Å²) < 4.78 is 34.5. The van der Waals surface area contributed by atoms with E-state index < -0.39 is 26.5 Å². The molecule has 0 saturated carbocycles. The molecular weight excluding hydrogens is 858 g/mol. The Morgan fingerprint density at radius 1 is 0.463 bits per heavy atom. The summed E-state index contributed by atoms with van der Waals surface area (Å²) in [6.07, 6.45) is 59.2. The van der Waals surface area contributed by atoms with Crippen LogP contribution in [0.5, 0.6) is 0 Å². The molecule has 0 bridgehead atoms. The third-order valence-electron chi connectivity index (χ3n) is 12.4. The molecule has 2 atom stereocenters. The quantitative estimate of drug-likeness (QED) is 0.0211. The molecule has 0 aliphatic carbocycles. The summed E-state index contributed by atoms with van der Waals surface area (Å²) in [5, 5.41) is 0. The number of quaternary nitrogens is 1. The van der Waals surface area contributed by atoms with Crippen molar-refractivity contribution >= 4 is 19.8 Å². The largest absolute Gasteiger partial charge is 0.472 e. The highest BCUT2D eigenvalue weighted by Gasteiger charge is 2.27. The van der Waals surface area contributed by atoms with Crippen molar-refractivity contribution in [3.8, 4) is 0 Å². The van der Waals surface area contributed by atoms with E-state index in [-0.39, 0.29) is 25.6 Å². The van der Waals surface area contributed by atoms with Crippen LogP contribution in [-0.2, 0) is 32.7 Å². The maximum atomic E-state index is 12.8. The minimum absolute atomic E-state index is 0.0299. The van der Waals surface area contributed by atoms with Gasteiger partial charge in [0.2, 0.25) is 0 Å². The first-order valence-corrected chi connectivity index (χ1v) is 29.7. The van der Waals surface area contributed by atoms with Crippen LogP contribution < -0.4 is 0 Å². The van der Waals surface area contributed by atoms with Crippen LogP contribution in [0.2, 0.25) is 0 Å². The number of rotatable bonds is 52. The van der Waals surface area contributed by atoms with E-state index in [0.29, 0.717) is 23.9 Å². The van der Waals surface area contributed by atoms with E-state index in [4.69, 9.17) is 18.5 Å². The number of allylic oxidation sites excluding steroid dienone is 6. The number of hydrogen-bond acceptors (Lipinski definition) is 7. The van der Waals surface area contributed by atoms with Crippen LogP contribution in [0.25, 0.3) is 0 Å². The first kappa shape index (κ1) is 65.2. The Balaban J connectivity index is 4.16. The Morgan fingerprint density at radius 2 is 0.806 bits per heavy atom. The third kappa shape index (κ3) is 53.4. The molecule has 0 aromatic rings. The van der Waals surface area contributed by atoms with Crippen molar-refractivity contribution in [3.05, 3.63) is 36.5 Å². The minimum atomic E-state index is -4.39. The van der Waals surface area contributed by atoms with E-state index in [9.17, 15) is 19.0 Å². The number of phosphoric acid groups is 1. The molecule has 67 heavy (non-hydrogen) atoms. The number of hydrogen-bond donors (Lipinski definition) is 1. The zero-order chi connectivity index (χ0) is 49.2. The van der Waals surface area contributed by atoms with Crippen molar-refractivity contribution in [3.63, 3.8) is 0 Å². The van der Waals surface area contributed by atoms with Gasteiger partial charge < -0.3 is 18.9 Å². The maximum Gasteiger partial charge on any atom is 0.472 e. The molecule has 0 aromatic carbocycles. The molecule has 0 saturated heterocycles. The van der Waals surface area contributed by atoms with Gasteiger partial charge in [-0.05, 0) is 51.4 Å². The maximum absolute atomic E-state index is 12.8. The number of carbonyl (C=O) groups is 2. The lowest BCUT2D eigenvalue weighted by Gasteiger charge is -2.24. The first-order valence-electron chi connectivity index (χ1n) is 28.2. The van der Waals surface area contributed by atoms with Crippen LogP contribution in [0.15, 0.2) is 36.5 Å². The summed E-state index contributed by atoms with van der Waals surface area (Å²) in [6.45, 7) is 4.43. The lowest BCUT2D eigenvalue weighted by atomic mass is 10.0. The number of unbranched alkanes of at least 4 members (excludes halogenated alkanes) is 32. The average Bonchev–Trinajstić information content (AvgIpc) is 3.29. The van der Waals surface area contributed by atoms with Gasteiger partial charge in [-0.15, -0.1) is 0 Å². The van der Waals surface area contributed by atoms with Gasteiger partial charge >= 0.3 is 19.8 Å². The number of ether oxygens (including phenoxy) is 2. The number of phosphoric ester groups is 1. The van der Waals surface area contributed by atoms with Crippen LogP contribution in [0.4, 0.5) is 0 Å². The van der Waals surface area contributed by atoms with Gasteiger partial charge in [0.25, 0.3) is 0 Å². The van der Waals surface area contributed by atoms with Crippen molar-refractivity contribution in [1.29, 1.82) is 0 Å². The molecule has 0 heterocycles. The zero-order valence-corrected chi connectivity index (χ0v) is 45.5. The van der Waals surface area contributed by atoms with E-state index in [1.807, 2.05) is 21.1 Å². The van der Waals surface area contributed by atoms with Crippen molar-refractivity contribution in [2.75, 3.05) is 47.5 Å². The van der Waals surface area contributed by atoms with Gasteiger partial charge in [0.1, 0.15) is 19.8 Å². The van der Waals surface area contributed by atoms with Gasteiger partial charge in [-0.3, -0.25) is 18.6 Å². The van der Waals surface area contributed by atoms with Crippen LogP contribution >= 0.6 is 7.82 Å². The summed E-state index contributed by atoms with van der Waals surface area (Å²) in [5.74, 6) is -0.800. The minimum Gasteiger partial charge on any atom is -0.462 e. The van der Waals surface area contributed by atoms with E-state index in [0.717, 1.165) is 70.6 Å². The van der Waals surface area contributed by atoms with Crippen LogP contribution in [0.3, 0.4) is 0 Å². The Hall–Kier alpha value is -1.77. The summed E-state index contributed by atoms with van der Waals surface area (Å²) in [4.78, 5) is 35.6. The van der Waals surface area contributed by atoms with Gasteiger partial charge in [-0.2, -0.15) is 0 Å². The molecule has 0 spiro atoms. The third-order valence-corrected chi connectivity index (χ3v) is 13.4. The smallest absolute Gasteiger partial charge is 0.462 e. The molecule has 0 aliphatic rings. The lowest BCUT2D eigenvalue weighted by molar-refractivity contribution is -0.870. The number of nitrogens with zero attached hydrogens (tertiary/aromatic N) is 1. The number of esters is 2. The highest BCUT2D eigenvalue weighted by molar-refractivity contribution is 7.47. The fourth-order valence-corrected chi connectivity index (χ4v) is 8.77. The average molecular weight is 967 g/mol. The highest BCUT2D eigenvalue weighted by Crippen LogP contribution is 2.43. The Morgan fingerprint density at radius 3 is 1.22 bits per heavy atom. The normalized spacial score (nSPS) is 13.6.